The van der Waals surface area contributed by atoms with Gasteiger partial charge in [0, 0.05) is 55.4 Å². The molecule has 11 nitrogen and oxygen atoms in total. The minimum Gasteiger partial charge on any atom is -0.652 e. The molecule has 0 aliphatic carbocycles. The van der Waals surface area contributed by atoms with Crippen LogP contribution in [0.5, 0.6) is 28.7 Å². The first-order chi connectivity index (χ1) is 67.6. The van der Waals surface area contributed by atoms with Crippen molar-refractivity contribution < 1.29 is 21.8 Å². The number of pyridine rings is 5. The van der Waals surface area contributed by atoms with Gasteiger partial charge in [0.25, 0.3) is 0 Å². The Balaban J connectivity index is 0.000000119. The molecule has 0 spiro atoms. The molecule has 661 valence electrons. The molecule has 0 bridgehead atoms. The molecule has 0 atom stereocenters. The van der Waals surface area contributed by atoms with Crippen LogP contribution in [0.4, 0.5) is 0 Å². The van der Waals surface area contributed by atoms with Gasteiger partial charge in [0.05, 0.1) is 0 Å². The van der Waals surface area contributed by atoms with Gasteiger partial charge in [-0.05, 0) is 179 Å². The fraction of sp³-hybridized carbons (Fsp3) is 0.0672. The SMILES string of the molecule is Cc1ccc2cccc([O][Al])c2n1.Cc1ccc2cccc([O][Al])c2n1.Cc1ccc2cccc([O][Al])c2n1.Cc1ccc2cccc([O][Al][O][Al][O]c3cccc4ccc(C)nc34)c2n1.Cc1ccccc1[Si](c1ccccc1C)c1ccccc1C.c1ccc([Si](c2cccc3ccccc23)c2cccc3ccccc23)cc1.c1ccc([Si](c2ccccc2)c2ccc3ccccc3c2)cc1. The molecule has 0 unspecified atom stereocenters. The van der Waals surface area contributed by atoms with Crippen molar-refractivity contribution in [2.24, 2.45) is 0 Å². The maximum absolute atomic E-state index is 5.84. The van der Waals surface area contributed by atoms with Crippen molar-refractivity contribution in [3.63, 3.8) is 0 Å². The molecule has 17 aromatic carbocycles. The van der Waals surface area contributed by atoms with Crippen molar-refractivity contribution in [3.8, 4) is 28.7 Å². The number of hydrogen-bond acceptors (Lipinski definition) is 11. The summed E-state index contributed by atoms with van der Waals surface area (Å²) in [7, 11) is -3.06. The molecular formula is C119H97Al5N5O6Si3. The lowest BCUT2D eigenvalue weighted by Gasteiger charge is -2.22. The minimum absolute atomic E-state index is 0.682. The Morgan fingerprint density at radius 3 is 0.790 bits per heavy atom. The Labute approximate surface area is 852 Å². The number of fused-ring (bicyclic) bond motifs is 8. The number of para-hydroxylation sites is 5. The van der Waals surface area contributed by atoms with E-state index >= 15 is 0 Å². The van der Waals surface area contributed by atoms with Crippen molar-refractivity contribution in [1.29, 1.82) is 0 Å². The standard InChI is InChI=1S/C26H19Si.C22H17Si.C21H21Si.5C10H9NO.5Al.O/c1-2-14-22(15-3-1)27(25-18-8-12-20-10-4-6-16-23(20)25)26-19-9-13-21-11-5-7-17-24(21)26;1-3-11-20(12-4-1)23(21-13-5-2-6-14-21)22-16-15-18-9-7-8-10-19(18)17-22;1-16-10-4-7-13-19(16)22(20-14-8-5-11-17(20)2)21-15-9-6-12-18(21)3;5*1-7-5-6-8-3-2-4-9(12)10(8)11-7;;;;;;/h1-19H;1-17H;4-15H,1-3H3;5*2-6,12H,1H3;;;;;;/q;;;;;;;;5*+1;/p-5. The Hall–Kier alpha value is -13.2. The van der Waals surface area contributed by atoms with E-state index in [4.69, 9.17) is 21.8 Å². The molecule has 138 heavy (non-hydrogen) atoms. The second-order valence-electron chi connectivity index (χ2n) is 33.1. The van der Waals surface area contributed by atoms with Gasteiger partial charge in [-0.25, -0.2) is 24.9 Å². The first-order valence-electron chi connectivity index (χ1n) is 45.6. The largest absolute Gasteiger partial charge is 0.743 e. The van der Waals surface area contributed by atoms with Gasteiger partial charge in [0.1, 0.15) is 56.3 Å². The summed E-state index contributed by atoms with van der Waals surface area (Å²) in [4.78, 5) is 22.4. The smallest absolute Gasteiger partial charge is 0.652 e. The van der Waals surface area contributed by atoms with E-state index in [1.165, 1.54) is 95.7 Å². The van der Waals surface area contributed by atoms with Gasteiger partial charge in [0.2, 0.25) is 0 Å². The highest BCUT2D eigenvalue weighted by atomic mass is 28.3. The molecule has 5 heterocycles. The Morgan fingerprint density at radius 1 is 0.196 bits per heavy atom. The average Bonchev–Trinajstić information content (AvgIpc) is 0.763. The van der Waals surface area contributed by atoms with Crippen LogP contribution in [0, 0.1) is 55.4 Å². The Kier molecular flexibility index (Phi) is 34.6. The molecule has 19 heteroatoms. The molecule has 22 aromatic rings. The Bertz CT molecular complexity index is 7370. The monoisotopic (exact) mass is 1910 g/mol. The summed E-state index contributed by atoms with van der Waals surface area (Å²) >= 11 is 5.36. The number of rotatable bonds is 18. The van der Waals surface area contributed by atoms with Gasteiger partial charge in [-0.2, -0.15) is 0 Å². The van der Waals surface area contributed by atoms with Crippen molar-refractivity contribution in [2.75, 3.05) is 0 Å². The normalized spacial score (nSPS) is 10.8. The molecule has 0 saturated carbocycles. The van der Waals surface area contributed by atoms with Crippen LogP contribution in [0.25, 0.3) is 86.8 Å². The molecule has 0 saturated heterocycles. The predicted molar refractivity (Wildman–Crippen MR) is 584 cm³/mol. The lowest BCUT2D eigenvalue weighted by atomic mass is 10.1. The zero-order chi connectivity index (χ0) is 95.5. The molecule has 5 aromatic heterocycles. The van der Waals surface area contributed by atoms with E-state index in [9.17, 15) is 0 Å². The quantitative estimate of drug-likeness (QED) is 0.0464. The highest BCUT2D eigenvalue weighted by Gasteiger charge is 2.27. The first kappa shape index (κ1) is 97.9. The molecule has 0 aliphatic rings. The number of aromatic nitrogens is 5. The average molecular weight is 1910 g/mol. The van der Waals surface area contributed by atoms with Crippen LogP contribution < -0.4 is 65.6 Å². The maximum atomic E-state index is 5.84. The van der Waals surface area contributed by atoms with Gasteiger partial charge < -0.3 is 21.8 Å². The minimum atomic E-state index is -1.13. The van der Waals surface area contributed by atoms with Gasteiger partial charge in [-0.15, -0.1) is 0 Å². The van der Waals surface area contributed by atoms with E-state index in [0.717, 1.165) is 112 Å². The van der Waals surface area contributed by atoms with Crippen LogP contribution in [-0.2, 0) is 2.84 Å². The van der Waals surface area contributed by atoms with E-state index in [1.807, 2.05) is 186 Å². The Morgan fingerprint density at radius 2 is 0.449 bits per heavy atom. The van der Waals surface area contributed by atoms with Crippen LogP contribution >= 0.6 is 0 Å². The van der Waals surface area contributed by atoms with Gasteiger partial charge >= 0.3 is 81.6 Å². The van der Waals surface area contributed by atoms with Crippen LogP contribution in [0.1, 0.15) is 45.2 Å². The summed E-state index contributed by atoms with van der Waals surface area (Å²) in [5.41, 5.74) is 13.6. The molecule has 0 N–H and O–H groups in total. The van der Waals surface area contributed by atoms with E-state index in [0.29, 0.717) is 0 Å². The van der Waals surface area contributed by atoms with Crippen LogP contribution in [0.15, 0.2) is 443 Å². The summed E-state index contributed by atoms with van der Waals surface area (Å²) < 4.78 is 32.8. The maximum Gasteiger partial charge on any atom is 0.743 e. The fourth-order valence-corrected chi connectivity index (χ4v) is 27.2. The number of aryl methyl sites for hydroxylation is 8. The van der Waals surface area contributed by atoms with Crippen molar-refractivity contribution in [3.05, 3.63) is 488 Å². The lowest BCUT2D eigenvalue weighted by molar-refractivity contribution is 0.420. The molecule has 0 fully saturated rings. The van der Waals surface area contributed by atoms with Gasteiger partial charge in [-0.1, -0.05) is 414 Å². The zero-order valence-corrected chi connectivity index (χ0v) is 87.0. The second-order valence-corrected chi connectivity index (χ2v) is 43.0. The number of hydrogen-bond donors (Lipinski definition) is 0. The highest BCUT2D eigenvalue weighted by molar-refractivity contribution is 6.98. The number of nitrogens with zero attached hydrogens (tertiary/aromatic N) is 5. The lowest BCUT2D eigenvalue weighted by Crippen LogP contribution is -2.54. The second kappa shape index (κ2) is 48.7. The van der Waals surface area contributed by atoms with Crippen LogP contribution in [-0.4, -0.2) is 133 Å². The van der Waals surface area contributed by atoms with E-state index in [-0.39, 0.29) is 0 Å². The third-order valence-corrected chi connectivity index (χ3v) is 34.8. The van der Waals surface area contributed by atoms with Gasteiger partial charge in [-0.3, -0.25) is 0 Å². The van der Waals surface area contributed by atoms with E-state index in [1.54, 1.807) is 0 Å². The molecule has 0 amide bonds. The molecule has 0 aliphatic heterocycles. The van der Waals surface area contributed by atoms with Crippen molar-refractivity contribution >= 4 is 242 Å². The highest BCUT2D eigenvalue weighted by Crippen LogP contribution is 2.30. The van der Waals surface area contributed by atoms with Crippen LogP contribution in [0.3, 0.4) is 0 Å². The summed E-state index contributed by atoms with van der Waals surface area (Å²) in [5, 5.41) is 26.5. The number of benzene rings is 17. The van der Waals surface area contributed by atoms with Crippen LogP contribution in [0.2, 0.25) is 0 Å². The van der Waals surface area contributed by atoms with Crippen molar-refractivity contribution in [1.82, 2.24) is 24.9 Å². The van der Waals surface area contributed by atoms with E-state index < -0.39 is 58.2 Å². The first-order valence-corrected chi connectivity index (χ1v) is 53.4. The molecule has 11 radical (unpaired) electrons. The van der Waals surface area contributed by atoms with Crippen molar-refractivity contribution in [2.45, 2.75) is 55.4 Å². The van der Waals surface area contributed by atoms with E-state index in [2.05, 4.69) is 387 Å². The topological polar surface area (TPSA) is 120 Å². The summed E-state index contributed by atoms with van der Waals surface area (Å²) in [6.07, 6.45) is 0. The summed E-state index contributed by atoms with van der Waals surface area (Å²) in [5.74, 6) is 3.88. The summed E-state index contributed by atoms with van der Waals surface area (Å²) in [6, 6.07) is 156. The summed E-state index contributed by atoms with van der Waals surface area (Å²) in [6.45, 7) is 16.6. The predicted octanol–water partition coefficient (Wildman–Crippen LogP) is 21.0. The third kappa shape index (κ3) is 24.9. The molecular weight excluding hydrogens is 1810 g/mol. The van der Waals surface area contributed by atoms with Gasteiger partial charge in [0.15, 0.2) is 26.4 Å². The third-order valence-electron chi connectivity index (χ3n) is 23.5. The fourth-order valence-electron chi connectivity index (χ4n) is 16.7. The zero-order valence-electron chi connectivity index (χ0n) is 78.2. The molecule has 22 rings (SSSR count).